The van der Waals surface area contributed by atoms with E-state index in [1.807, 2.05) is 27.7 Å². The summed E-state index contributed by atoms with van der Waals surface area (Å²) in [6, 6.07) is -0.652. The van der Waals surface area contributed by atoms with Crippen molar-refractivity contribution in [3.05, 3.63) is 0 Å². The highest BCUT2D eigenvalue weighted by Crippen LogP contribution is 2.29. The Morgan fingerprint density at radius 1 is 0.808 bits per heavy atom. The lowest BCUT2D eigenvalue weighted by atomic mass is 9.99. The Kier molecular flexibility index (Phi) is 8.45. The fourth-order valence-corrected chi connectivity index (χ4v) is 2.66. The van der Waals surface area contributed by atoms with E-state index in [-0.39, 0.29) is 12.1 Å². The highest BCUT2D eigenvalue weighted by Gasteiger charge is 2.52. The van der Waals surface area contributed by atoms with Crippen LogP contribution in [-0.2, 0) is 38.1 Å². The smallest absolute Gasteiger partial charge is 0.305 e. The Balaban J connectivity index is 3.28. The van der Waals surface area contributed by atoms with Crippen LogP contribution in [0.5, 0.6) is 0 Å². The first-order chi connectivity index (χ1) is 12.0. The van der Waals surface area contributed by atoms with Crippen LogP contribution in [0.4, 0.5) is 0 Å². The highest BCUT2D eigenvalue weighted by molar-refractivity contribution is 5.68. The van der Waals surface area contributed by atoms with Crippen molar-refractivity contribution in [1.82, 2.24) is 5.32 Å². The minimum absolute atomic E-state index is 0.0110. The molecular formula is C17H29NO8. The Morgan fingerprint density at radius 2 is 1.31 bits per heavy atom. The predicted molar refractivity (Wildman–Crippen MR) is 89.8 cm³/mol. The van der Waals surface area contributed by atoms with Crippen molar-refractivity contribution in [3.63, 3.8) is 0 Å². The number of esters is 3. The summed E-state index contributed by atoms with van der Waals surface area (Å²) in [5.74, 6) is -1.83. The first-order valence-corrected chi connectivity index (χ1v) is 8.59. The molecule has 1 N–H and O–H groups in total. The van der Waals surface area contributed by atoms with E-state index >= 15 is 0 Å². The molecule has 1 fully saturated rings. The van der Waals surface area contributed by atoms with E-state index in [4.69, 9.17) is 23.7 Å². The molecule has 1 saturated heterocycles. The zero-order chi connectivity index (χ0) is 20.0. The molecule has 0 radical (unpaired) electrons. The quantitative estimate of drug-likeness (QED) is 0.512. The normalized spacial score (nSPS) is 28.7. The zero-order valence-electron chi connectivity index (χ0n) is 16.3. The van der Waals surface area contributed by atoms with Gasteiger partial charge in [0.25, 0.3) is 0 Å². The second-order valence-corrected chi connectivity index (χ2v) is 6.66. The molecule has 9 heteroatoms. The molecule has 0 saturated carbocycles. The monoisotopic (exact) mass is 375 g/mol. The fourth-order valence-electron chi connectivity index (χ4n) is 2.66. The van der Waals surface area contributed by atoms with E-state index in [2.05, 4.69) is 5.32 Å². The van der Waals surface area contributed by atoms with Crippen LogP contribution in [0.1, 0.15) is 48.5 Å². The summed E-state index contributed by atoms with van der Waals surface area (Å²) in [7, 11) is 0. The highest BCUT2D eigenvalue weighted by atomic mass is 16.8. The summed E-state index contributed by atoms with van der Waals surface area (Å²) in [6.45, 7) is 11.1. The molecule has 0 aromatic heterocycles. The summed E-state index contributed by atoms with van der Waals surface area (Å²) >= 11 is 0. The molecule has 1 rings (SSSR count). The van der Waals surface area contributed by atoms with Gasteiger partial charge in [0, 0.05) is 26.8 Å². The third kappa shape index (κ3) is 6.89. The fraction of sp³-hybridized carbons (Fsp3) is 0.824. The minimum atomic E-state index is -1.27. The van der Waals surface area contributed by atoms with Gasteiger partial charge in [-0.05, 0) is 13.8 Å². The standard InChI is InChI=1S/C17H29NO8/c1-8(2)18-13-14(23-10(5)19)15(24-11(6)20)17(25-12(7)21)26-16(13)22-9(3)4/h8-9,13-18H,1-7H3/t13-,14-,15-,16-,17+/m1/s1. The number of ether oxygens (including phenoxy) is 5. The molecule has 5 atom stereocenters. The third-order valence-electron chi connectivity index (χ3n) is 3.33. The lowest BCUT2D eigenvalue weighted by Crippen LogP contribution is -2.66. The summed E-state index contributed by atoms with van der Waals surface area (Å²) in [5.41, 5.74) is 0. The average molecular weight is 375 g/mol. The van der Waals surface area contributed by atoms with E-state index in [1.54, 1.807) is 0 Å². The number of hydrogen-bond acceptors (Lipinski definition) is 9. The Bertz CT molecular complexity index is 507. The van der Waals surface area contributed by atoms with E-state index in [1.165, 1.54) is 20.8 Å². The molecule has 0 aliphatic carbocycles. The van der Waals surface area contributed by atoms with Crippen LogP contribution in [0.25, 0.3) is 0 Å². The predicted octanol–water partition coefficient (Wildman–Crippen LogP) is 0.887. The molecule has 9 nitrogen and oxygen atoms in total. The number of hydrogen-bond donors (Lipinski definition) is 1. The van der Waals surface area contributed by atoms with Gasteiger partial charge >= 0.3 is 17.9 Å². The minimum Gasteiger partial charge on any atom is -0.456 e. The van der Waals surface area contributed by atoms with E-state index in [9.17, 15) is 14.4 Å². The number of nitrogens with one attached hydrogen (secondary N) is 1. The summed E-state index contributed by atoms with van der Waals surface area (Å²) in [5, 5.41) is 3.21. The molecule has 0 bridgehead atoms. The number of carbonyl (C=O) groups excluding carboxylic acids is 3. The lowest BCUT2D eigenvalue weighted by molar-refractivity contribution is -0.328. The summed E-state index contributed by atoms with van der Waals surface area (Å²) in [4.78, 5) is 34.7. The van der Waals surface area contributed by atoms with Crippen LogP contribution in [0.15, 0.2) is 0 Å². The van der Waals surface area contributed by atoms with Crippen molar-refractivity contribution in [3.8, 4) is 0 Å². The Morgan fingerprint density at radius 3 is 1.73 bits per heavy atom. The van der Waals surface area contributed by atoms with Crippen LogP contribution >= 0.6 is 0 Å². The maximum Gasteiger partial charge on any atom is 0.305 e. The van der Waals surface area contributed by atoms with Gasteiger partial charge in [0.05, 0.1) is 6.10 Å². The van der Waals surface area contributed by atoms with Gasteiger partial charge < -0.3 is 29.0 Å². The van der Waals surface area contributed by atoms with Crippen LogP contribution in [-0.4, -0.2) is 60.9 Å². The Hall–Kier alpha value is -1.71. The second kappa shape index (κ2) is 9.84. The SMILES string of the molecule is CC(=O)O[C@H]1O[C@@H](OC(C)C)[C@H](NC(C)C)[C@@H](OC(C)=O)[C@H]1OC(C)=O. The molecule has 1 aliphatic heterocycles. The van der Waals surface area contributed by atoms with Gasteiger partial charge in [-0.25, -0.2) is 0 Å². The van der Waals surface area contributed by atoms with Gasteiger partial charge in [-0.3, -0.25) is 14.4 Å². The maximum absolute atomic E-state index is 11.7. The van der Waals surface area contributed by atoms with Crippen LogP contribution in [0, 0.1) is 0 Å². The molecule has 0 amide bonds. The lowest BCUT2D eigenvalue weighted by Gasteiger charge is -2.45. The van der Waals surface area contributed by atoms with Crippen molar-refractivity contribution in [1.29, 1.82) is 0 Å². The number of carbonyl (C=O) groups is 3. The van der Waals surface area contributed by atoms with E-state index in [0.717, 1.165) is 0 Å². The van der Waals surface area contributed by atoms with Gasteiger partial charge in [0.15, 0.2) is 12.4 Å². The molecule has 1 aliphatic rings. The molecular weight excluding hydrogens is 346 g/mol. The molecule has 1 heterocycles. The zero-order valence-corrected chi connectivity index (χ0v) is 16.3. The Labute approximate surface area is 153 Å². The summed E-state index contributed by atoms with van der Waals surface area (Å²) in [6.07, 6.45) is -4.48. The van der Waals surface area contributed by atoms with Gasteiger partial charge in [-0.1, -0.05) is 13.8 Å². The molecule has 26 heavy (non-hydrogen) atoms. The molecule has 150 valence electrons. The van der Waals surface area contributed by atoms with Crippen LogP contribution < -0.4 is 5.32 Å². The van der Waals surface area contributed by atoms with E-state index < -0.39 is 48.7 Å². The van der Waals surface area contributed by atoms with Gasteiger partial charge in [-0.2, -0.15) is 0 Å². The number of rotatable bonds is 7. The van der Waals surface area contributed by atoms with Crippen LogP contribution in [0.2, 0.25) is 0 Å². The van der Waals surface area contributed by atoms with Crippen molar-refractivity contribution in [2.75, 3.05) is 0 Å². The van der Waals surface area contributed by atoms with E-state index in [0.29, 0.717) is 0 Å². The molecule has 0 aromatic rings. The average Bonchev–Trinajstić information content (AvgIpc) is 2.44. The summed E-state index contributed by atoms with van der Waals surface area (Å²) < 4.78 is 27.3. The molecule has 0 unspecified atom stereocenters. The molecule has 0 aromatic carbocycles. The largest absolute Gasteiger partial charge is 0.456 e. The third-order valence-corrected chi connectivity index (χ3v) is 3.33. The van der Waals surface area contributed by atoms with Crippen LogP contribution in [0.3, 0.4) is 0 Å². The van der Waals surface area contributed by atoms with Gasteiger partial charge in [-0.15, -0.1) is 0 Å². The second-order valence-electron chi connectivity index (χ2n) is 6.66. The van der Waals surface area contributed by atoms with Crippen molar-refractivity contribution in [2.24, 2.45) is 0 Å². The van der Waals surface area contributed by atoms with Crippen molar-refractivity contribution < 1.29 is 38.1 Å². The topological polar surface area (TPSA) is 109 Å². The maximum atomic E-state index is 11.7. The van der Waals surface area contributed by atoms with Gasteiger partial charge in [0.1, 0.15) is 6.04 Å². The molecule has 0 spiro atoms. The van der Waals surface area contributed by atoms with Crippen molar-refractivity contribution >= 4 is 17.9 Å². The first-order valence-electron chi connectivity index (χ1n) is 8.59. The van der Waals surface area contributed by atoms with Gasteiger partial charge in [0.2, 0.25) is 12.4 Å². The van der Waals surface area contributed by atoms with Crippen molar-refractivity contribution in [2.45, 2.75) is 91.4 Å². The first kappa shape index (κ1) is 22.3.